The number of β-amino-alcohol motifs (C(OH)–C–C–N with tert-alkyl or cyclic N) is 1. The van der Waals surface area contributed by atoms with Crippen LogP contribution in [0.25, 0.3) is 0 Å². The van der Waals surface area contributed by atoms with E-state index in [1.165, 1.54) is 22.3 Å². The van der Waals surface area contributed by atoms with E-state index in [0.29, 0.717) is 17.8 Å². The summed E-state index contributed by atoms with van der Waals surface area (Å²) in [5, 5.41) is 18.5. The van der Waals surface area contributed by atoms with Crippen molar-refractivity contribution in [2.24, 2.45) is 0 Å². The van der Waals surface area contributed by atoms with E-state index in [1.54, 1.807) is 0 Å². The van der Waals surface area contributed by atoms with Gasteiger partial charge in [-0.1, -0.05) is 69.1 Å². The molecule has 4 rings (SSSR count). The highest BCUT2D eigenvalue weighted by Gasteiger charge is 2.37. The predicted octanol–water partition coefficient (Wildman–Crippen LogP) is 6.11. The Morgan fingerprint density at radius 2 is 1.53 bits per heavy atom. The third-order valence-corrected chi connectivity index (χ3v) is 7.31. The first-order valence-electron chi connectivity index (χ1n) is 11.9. The third-order valence-electron chi connectivity index (χ3n) is 6.70. The van der Waals surface area contributed by atoms with Gasteiger partial charge in [-0.15, -0.1) is 0 Å². The molecule has 0 radical (unpaired) electrons. The van der Waals surface area contributed by atoms with E-state index < -0.39 is 5.60 Å². The lowest BCUT2D eigenvalue weighted by atomic mass is 9.81. The second kappa shape index (κ2) is 10.9. The number of carbonyl (C=O) groups is 1. The Kier molecular flexibility index (Phi) is 8.56. The van der Waals surface area contributed by atoms with E-state index in [0.717, 1.165) is 48.5 Å². The van der Waals surface area contributed by atoms with Gasteiger partial charge in [0.1, 0.15) is 0 Å². The van der Waals surface area contributed by atoms with Crippen molar-refractivity contribution in [1.82, 2.24) is 4.90 Å². The molecule has 0 unspecified atom stereocenters. The molecular weight excluding hydrogens is 471 g/mol. The first kappa shape index (κ1) is 26.8. The van der Waals surface area contributed by atoms with Gasteiger partial charge in [-0.25, -0.2) is 0 Å². The SMILES string of the molecule is CC(C)c1cc(C2CN(c3c(Cl)cccc3Cl)C2)cc(C(C)C)c1CN1CC(C)(O)C1.O=CO. The van der Waals surface area contributed by atoms with Crippen LogP contribution >= 0.6 is 23.2 Å². The highest BCUT2D eigenvalue weighted by atomic mass is 35.5. The van der Waals surface area contributed by atoms with Crippen molar-refractivity contribution >= 4 is 35.4 Å². The summed E-state index contributed by atoms with van der Waals surface area (Å²) in [5.41, 5.74) is 6.19. The van der Waals surface area contributed by atoms with Crippen LogP contribution in [-0.2, 0) is 11.3 Å². The van der Waals surface area contributed by atoms with Gasteiger partial charge in [-0.3, -0.25) is 9.69 Å². The number of carboxylic acid groups (broad SMARTS) is 1. The molecule has 2 aliphatic heterocycles. The normalized spacial score (nSPS) is 17.8. The zero-order chi connectivity index (χ0) is 25.2. The Hall–Kier alpha value is -1.79. The topological polar surface area (TPSA) is 64.0 Å². The fourth-order valence-corrected chi connectivity index (χ4v) is 5.74. The predicted molar refractivity (Wildman–Crippen MR) is 141 cm³/mol. The number of likely N-dealkylation sites (tertiary alicyclic amines) is 1. The Labute approximate surface area is 213 Å². The van der Waals surface area contributed by atoms with Crippen molar-refractivity contribution in [3.05, 3.63) is 62.6 Å². The molecule has 0 atom stereocenters. The summed E-state index contributed by atoms with van der Waals surface area (Å²) in [4.78, 5) is 13.0. The van der Waals surface area contributed by atoms with E-state index in [2.05, 4.69) is 49.6 Å². The third kappa shape index (κ3) is 5.88. The largest absolute Gasteiger partial charge is 0.483 e. The zero-order valence-corrected chi connectivity index (χ0v) is 22.2. The summed E-state index contributed by atoms with van der Waals surface area (Å²) in [6.45, 7) is 15.1. The van der Waals surface area contributed by atoms with Gasteiger partial charge in [0.15, 0.2) is 0 Å². The van der Waals surface area contributed by atoms with Crippen LogP contribution in [0.4, 0.5) is 5.69 Å². The average molecular weight is 508 g/mol. The number of hydrogen-bond donors (Lipinski definition) is 2. The molecule has 2 heterocycles. The van der Waals surface area contributed by atoms with E-state index in [4.69, 9.17) is 33.1 Å². The first-order valence-corrected chi connectivity index (χ1v) is 12.6. The average Bonchev–Trinajstić information content (AvgIpc) is 2.68. The van der Waals surface area contributed by atoms with Crippen LogP contribution in [0.5, 0.6) is 0 Å². The number of nitrogens with zero attached hydrogens (tertiary/aromatic N) is 2. The quantitative estimate of drug-likeness (QED) is 0.462. The fraction of sp³-hybridized carbons (Fsp3) is 0.519. The molecule has 34 heavy (non-hydrogen) atoms. The lowest BCUT2D eigenvalue weighted by Crippen LogP contribution is -2.59. The van der Waals surface area contributed by atoms with Crippen LogP contribution in [0.2, 0.25) is 10.0 Å². The molecule has 2 aliphatic rings. The molecule has 0 amide bonds. The van der Waals surface area contributed by atoms with Crippen LogP contribution in [0.1, 0.15) is 74.6 Å². The van der Waals surface area contributed by atoms with Crippen LogP contribution in [0.3, 0.4) is 0 Å². The molecule has 0 bridgehead atoms. The molecule has 2 fully saturated rings. The highest BCUT2D eigenvalue weighted by Crippen LogP contribution is 2.42. The van der Waals surface area contributed by atoms with Gasteiger partial charge in [-0.05, 0) is 53.1 Å². The van der Waals surface area contributed by atoms with Crippen molar-refractivity contribution < 1.29 is 15.0 Å². The number of benzene rings is 2. The maximum atomic E-state index is 10.2. The van der Waals surface area contributed by atoms with Crippen LogP contribution < -0.4 is 4.90 Å². The summed E-state index contributed by atoms with van der Waals surface area (Å²) in [6, 6.07) is 10.6. The number of rotatable bonds is 6. The second-order valence-electron chi connectivity index (χ2n) is 10.4. The van der Waals surface area contributed by atoms with E-state index in [1.807, 2.05) is 25.1 Å². The second-order valence-corrected chi connectivity index (χ2v) is 11.2. The Balaban J connectivity index is 0.00000103. The molecule has 2 aromatic rings. The molecule has 2 saturated heterocycles. The monoisotopic (exact) mass is 506 g/mol. The molecule has 0 aromatic heterocycles. The first-order chi connectivity index (χ1) is 16.0. The van der Waals surface area contributed by atoms with Crippen molar-refractivity contribution in [3.63, 3.8) is 0 Å². The Morgan fingerprint density at radius 3 is 1.94 bits per heavy atom. The molecule has 186 valence electrons. The summed E-state index contributed by atoms with van der Waals surface area (Å²) in [5.74, 6) is 1.41. The molecule has 7 heteroatoms. The van der Waals surface area contributed by atoms with Gasteiger partial charge < -0.3 is 15.1 Å². The molecular formula is C27H36Cl2N2O3. The Morgan fingerprint density at radius 1 is 1.06 bits per heavy atom. The zero-order valence-electron chi connectivity index (χ0n) is 20.7. The number of halogens is 2. The number of para-hydroxylation sites is 1. The van der Waals surface area contributed by atoms with Crippen LogP contribution in [-0.4, -0.2) is 53.4 Å². The van der Waals surface area contributed by atoms with Gasteiger partial charge in [0, 0.05) is 38.6 Å². The fourth-order valence-electron chi connectivity index (χ4n) is 5.11. The highest BCUT2D eigenvalue weighted by molar-refractivity contribution is 6.39. The molecule has 2 N–H and O–H groups in total. The van der Waals surface area contributed by atoms with E-state index >= 15 is 0 Å². The summed E-state index contributed by atoms with van der Waals surface area (Å²) >= 11 is 12.8. The van der Waals surface area contributed by atoms with Crippen LogP contribution in [0, 0.1) is 0 Å². The summed E-state index contributed by atoms with van der Waals surface area (Å²) < 4.78 is 0. The van der Waals surface area contributed by atoms with Crippen molar-refractivity contribution in [2.45, 2.75) is 64.5 Å². The molecule has 5 nitrogen and oxygen atoms in total. The number of hydrogen-bond acceptors (Lipinski definition) is 4. The maximum absolute atomic E-state index is 10.2. The minimum absolute atomic E-state index is 0.250. The number of anilines is 1. The summed E-state index contributed by atoms with van der Waals surface area (Å²) in [6.07, 6.45) is 0. The maximum Gasteiger partial charge on any atom is 0.290 e. The van der Waals surface area contributed by atoms with Gasteiger partial charge in [0.2, 0.25) is 0 Å². The van der Waals surface area contributed by atoms with Crippen LogP contribution in [0.15, 0.2) is 30.3 Å². The van der Waals surface area contributed by atoms with Gasteiger partial charge >= 0.3 is 0 Å². The summed E-state index contributed by atoms with van der Waals surface area (Å²) in [7, 11) is 0. The van der Waals surface area contributed by atoms with Crippen molar-refractivity contribution in [3.8, 4) is 0 Å². The Bertz CT molecular complexity index is 960. The lowest BCUT2D eigenvalue weighted by Gasteiger charge is -2.45. The molecule has 0 spiro atoms. The van der Waals surface area contributed by atoms with Crippen molar-refractivity contribution in [1.29, 1.82) is 0 Å². The number of aliphatic hydroxyl groups is 1. The molecule has 0 saturated carbocycles. The van der Waals surface area contributed by atoms with Gasteiger partial charge in [-0.2, -0.15) is 0 Å². The smallest absolute Gasteiger partial charge is 0.290 e. The van der Waals surface area contributed by atoms with Crippen molar-refractivity contribution in [2.75, 3.05) is 31.1 Å². The van der Waals surface area contributed by atoms with E-state index in [-0.39, 0.29) is 6.47 Å². The van der Waals surface area contributed by atoms with E-state index in [9.17, 15) is 5.11 Å². The molecule has 2 aromatic carbocycles. The minimum Gasteiger partial charge on any atom is -0.483 e. The van der Waals surface area contributed by atoms with Gasteiger partial charge in [0.25, 0.3) is 6.47 Å². The standard InChI is InChI=1S/C26H34Cl2N2O.CH2O2/c1-16(2)20-9-18(19-11-30(12-19)25-23(27)7-6-8-24(25)28)10-21(17(3)4)22(20)13-29-14-26(5,31)15-29;2-1-3/h6-10,16-17,19,31H,11-15H2,1-5H3;1H,(H,2,3). The lowest BCUT2D eigenvalue weighted by molar-refractivity contribution is -0.122. The van der Waals surface area contributed by atoms with Gasteiger partial charge in [0.05, 0.1) is 21.3 Å². The molecule has 0 aliphatic carbocycles. The minimum atomic E-state index is -0.536.